The van der Waals surface area contributed by atoms with Gasteiger partial charge in [-0.2, -0.15) is 0 Å². The number of imide groups is 1. The summed E-state index contributed by atoms with van der Waals surface area (Å²) in [6, 6.07) is 14.3. The maximum atomic E-state index is 12.8. The first-order valence-corrected chi connectivity index (χ1v) is 10.0. The lowest BCUT2D eigenvalue weighted by Gasteiger charge is -2.44. The Morgan fingerprint density at radius 2 is 1.62 bits per heavy atom. The van der Waals surface area contributed by atoms with Gasteiger partial charge in [-0.3, -0.25) is 19.3 Å². The highest BCUT2D eigenvalue weighted by molar-refractivity contribution is 7.99. The molecule has 3 amide bonds. The molecule has 2 aliphatic rings. The number of thioether (sulfide) groups is 1. The van der Waals surface area contributed by atoms with E-state index < -0.39 is 35.8 Å². The Morgan fingerprint density at radius 1 is 1.03 bits per heavy atom. The van der Waals surface area contributed by atoms with Crippen LogP contribution in [0.4, 0.5) is 0 Å². The van der Waals surface area contributed by atoms with Crippen LogP contribution >= 0.6 is 11.8 Å². The molecule has 2 heterocycles. The molecular weight excluding hydrogens is 392 g/mol. The lowest BCUT2D eigenvalue weighted by Crippen LogP contribution is -2.69. The van der Waals surface area contributed by atoms with Gasteiger partial charge in [-0.05, 0) is 24.3 Å². The van der Waals surface area contributed by atoms with Gasteiger partial charge in [-0.25, -0.2) is 4.79 Å². The maximum Gasteiger partial charge on any atom is 0.329 e. The number of likely N-dealkylation sites (tertiary alicyclic amines) is 1. The van der Waals surface area contributed by atoms with Crippen LogP contribution in [-0.2, 0) is 14.3 Å². The second kappa shape index (κ2) is 7.71. The molecule has 1 fully saturated rings. The van der Waals surface area contributed by atoms with Crippen LogP contribution in [-0.4, -0.2) is 65.0 Å². The Balaban J connectivity index is 1.48. The van der Waals surface area contributed by atoms with Crippen molar-refractivity contribution in [2.45, 2.75) is 17.0 Å². The minimum atomic E-state index is -0.892. The average molecular weight is 410 g/mol. The van der Waals surface area contributed by atoms with Crippen LogP contribution in [0.1, 0.15) is 20.7 Å². The molecule has 8 heteroatoms. The smallest absolute Gasteiger partial charge is 0.329 e. The average Bonchev–Trinajstić information content (AvgIpc) is 3.00. The third-order valence-corrected chi connectivity index (χ3v) is 6.16. The van der Waals surface area contributed by atoms with Crippen molar-refractivity contribution in [3.8, 4) is 0 Å². The number of methoxy groups -OCH3 is 1. The number of amides is 3. The van der Waals surface area contributed by atoms with Crippen LogP contribution in [0.25, 0.3) is 0 Å². The Morgan fingerprint density at radius 3 is 2.17 bits per heavy atom. The van der Waals surface area contributed by atoms with E-state index in [2.05, 4.69) is 0 Å². The van der Waals surface area contributed by atoms with E-state index in [4.69, 9.17) is 4.74 Å². The van der Waals surface area contributed by atoms with Gasteiger partial charge < -0.3 is 9.64 Å². The Bertz CT molecular complexity index is 959. The molecule has 0 spiro atoms. The van der Waals surface area contributed by atoms with Gasteiger partial charge in [-0.1, -0.05) is 30.3 Å². The van der Waals surface area contributed by atoms with Gasteiger partial charge in [0.25, 0.3) is 11.8 Å². The molecule has 2 atom stereocenters. The van der Waals surface area contributed by atoms with Crippen molar-refractivity contribution in [2.75, 3.05) is 19.4 Å². The molecule has 148 valence electrons. The van der Waals surface area contributed by atoms with Gasteiger partial charge in [0.1, 0.15) is 12.1 Å². The summed E-state index contributed by atoms with van der Waals surface area (Å²) in [5, 5.41) is 0. The lowest BCUT2D eigenvalue weighted by atomic mass is 10.0. The lowest BCUT2D eigenvalue weighted by molar-refractivity contribution is -0.161. The summed E-state index contributed by atoms with van der Waals surface area (Å²) >= 11 is 1.43. The van der Waals surface area contributed by atoms with E-state index in [0.29, 0.717) is 16.9 Å². The van der Waals surface area contributed by atoms with Crippen LogP contribution in [0.5, 0.6) is 0 Å². The third kappa shape index (κ3) is 3.29. The summed E-state index contributed by atoms with van der Waals surface area (Å²) in [6.07, 6.45) is 0. The zero-order valence-electron chi connectivity index (χ0n) is 15.6. The topological polar surface area (TPSA) is 84.0 Å². The fourth-order valence-electron chi connectivity index (χ4n) is 3.51. The van der Waals surface area contributed by atoms with Crippen LogP contribution < -0.4 is 0 Å². The number of β-lactam (4-membered cyclic amide) rings is 1. The predicted octanol–water partition coefficient (Wildman–Crippen LogP) is 1.83. The minimum Gasteiger partial charge on any atom is -0.467 e. The number of carbonyl (C=O) groups excluding carboxylic acids is 4. The van der Waals surface area contributed by atoms with Crippen LogP contribution in [0.2, 0.25) is 0 Å². The first kappa shape index (κ1) is 19.2. The number of esters is 1. The molecule has 2 aromatic carbocycles. The molecule has 1 saturated heterocycles. The third-order valence-electron chi connectivity index (χ3n) is 5.08. The molecule has 0 bridgehead atoms. The first-order valence-electron chi connectivity index (χ1n) is 9.06. The van der Waals surface area contributed by atoms with Crippen LogP contribution in [0.3, 0.4) is 0 Å². The summed E-state index contributed by atoms with van der Waals surface area (Å²) < 4.78 is 4.87. The van der Waals surface area contributed by atoms with Gasteiger partial charge in [0.2, 0.25) is 5.91 Å². The molecule has 7 nitrogen and oxygen atoms in total. The number of benzene rings is 2. The van der Waals surface area contributed by atoms with E-state index in [0.717, 1.165) is 9.80 Å². The highest BCUT2D eigenvalue weighted by atomic mass is 32.2. The molecule has 0 N–H and O–H groups in total. The van der Waals surface area contributed by atoms with Crippen molar-refractivity contribution in [3.05, 3.63) is 65.7 Å². The number of ether oxygens (including phenoxy) is 1. The van der Waals surface area contributed by atoms with Gasteiger partial charge in [0.15, 0.2) is 0 Å². The SMILES string of the molecule is COC(=O)C(CSc1ccccc1)N1CC(N2C(=O)c3ccccc3C2=O)C1=O. The zero-order chi connectivity index (χ0) is 20.5. The molecule has 2 unspecified atom stereocenters. The molecule has 2 aromatic rings. The highest BCUT2D eigenvalue weighted by Gasteiger charge is 2.52. The van der Waals surface area contributed by atoms with Crippen molar-refractivity contribution in [1.82, 2.24) is 9.80 Å². The van der Waals surface area contributed by atoms with Gasteiger partial charge in [0, 0.05) is 10.6 Å². The fraction of sp³-hybridized carbons (Fsp3) is 0.238. The first-order chi connectivity index (χ1) is 14.0. The molecule has 2 aliphatic heterocycles. The van der Waals surface area contributed by atoms with E-state index in [-0.39, 0.29) is 6.54 Å². The van der Waals surface area contributed by atoms with E-state index in [1.165, 1.54) is 23.8 Å². The van der Waals surface area contributed by atoms with Crippen LogP contribution in [0, 0.1) is 0 Å². The van der Waals surface area contributed by atoms with E-state index >= 15 is 0 Å². The molecular formula is C21H18N2O5S. The van der Waals surface area contributed by atoms with E-state index in [9.17, 15) is 19.2 Å². The van der Waals surface area contributed by atoms with Crippen LogP contribution in [0.15, 0.2) is 59.5 Å². The summed E-state index contributed by atoms with van der Waals surface area (Å²) in [5.74, 6) is -1.59. The second-order valence-corrected chi connectivity index (χ2v) is 7.79. The predicted molar refractivity (Wildman–Crippen MR) is 105 cm³/mol. The van der Waals surface area contributed by atoms with Crippen molar-refractivity contribution in [3.63, 3.8) is 0 Å². The Hall–Kier alpha value is -3.13. The summed E-state index contributed by atoms with van der Waals surface area (Å²) in [7, 11) is 1.27. The largest absolute Gasteiger partial charge is 0.467 e. The molecule has 0 aromatic heterocycles. The van der Waals surface area contributed by atoms with Gasteiger partial charge >= 0.3 is 5.97 Å². The minimum absolute atomic E-state index is 0.111. The van der Waals surface area contributed by atoms with Gasteiger partial charge in [0.05, 0.1) is 24.8 Å². The summed E-state index contributed by atoms with van der Waals surface area (Å²) in [5.41, 5.74) is 0.598. The Labute approximate surface area is 171 Å². The highest BCUT2D eigenvalue weighted by Crippen LogP contribution is 2.31. The van der Waals surface area contributed by atoms with Gasteiger partial charge in [-0.15, -0.1) is 11.8 Å². The molecule has 0 radical (unpaired) electrons. The second-order valence-electron chi connectivity index (χ2n) is 6.70. The number of rotatable bonds is 6. The monoisotopic (exact) mass is 410 g/mol. The number of hydrogen-bond acceptors (Lipinski definition) is 6. The van der Waals surface area contributed by atoms with E-state index in [1.54, 1.807) is 24.3 Å². The van der Waals surface area contributed by atoms with Crippen molar-refractivity contribution in [1.29, 1.82) is 0 Å². The zero-order valence-corrected chi connectivity index (χ0v) is 16.4. The standard InChI is InChI=1S/C21H18N2O5S/c1-28-21(27)17(12-29-13-7-3-2-4-8-13)22-11-16(20(22)26)23-18(24)14-9-5-6-10-15(14)19(23)25/h2-10,16-17H,11-12H2,1H3. The van der Waals surface area contributed by atoms with E-state index in [1.807, 2.05) is 30.3 Å². The van der Waals surface area contributed by atoms with Crippen molar-refractivity contribution in [2.24, 2.45) is 0 Å². The summed E-state index contributed by atoms with van der Waals surface area (Å²) in [4.78, 5) is 53.6. The number of carbonyl (C=O) groups is 4. The maximum absolute atomic E-state index is 12.8. The normalized spacial score (nSPS) is 19.1. The molecule has 0 saturated carbocycles. The number of fused-ring (bicyclic) bond motifs is 1. The molecule has 0 aliphatic carbocycles. The molecule has 29 heavy (non-hydrogen) atoms. The Kier molecular flexibility index (Phi) is 5.10. The number of nitrogens with zero attached hydrogens (tertiary/aromatic N) is 2. The van der Waals surface area contributed by atoms with Crippen molar-refractivity contribution >= 4 is 35.5 Å². The number of hydrogen-bond donors (Lipinski definition) is 0. The summed E-state index contributed by atoms with van der Waals surface area (Å²) in [6.45, 7) is 0.111. The fourth-order valence-corrected chi connectivity index (χ4v) is 4.53. The quantitative estimate of drug-likeness (QED) is 0.313. The van der Waals surface area contributed by atoms with Crippen molar-refractivity contribution < 1.29 is 23.9 Å². The molecule has 4 rings (SSSR count).